The molecule has 0 radical (unpaired) electrons. The summed E-state index contributed by atoms with van der Waals surface area (Å²) in [5, 5.41) is 9.00. The van der Waals surface area contributed by atoms with E-state index in [1.165, 1.54) is 11.6 Å². The van der Waals surface area contributed by atoms with Crippen LogP contribution in [0.15, 0.2) is 18.2 Å². The second-order valence-electron chi connectivity index (χ2n) is 4.26. The molecule has 1 aliphatic rings. The lowest BCUT2D eigenvalue weighted by Crippen LogP contribution is -2.28. The molecule has 0 fully saturated rings. The third kappa shape index (κ3) is 2.12. The second-order valence-corrected chi connectivity index (χ2v) is 4.26. The smallest absolute Gasteiger partial charge is 0.125 e. The Kier molecular flexibility index (Phi) is 2.91. The minimum atomic E-state index is -0.183. The fraction of sp³-hybridized carbons (Fsp3) is 0.500. The predicted octanol–water partition coefficient (Wildman–Crippen LogP) is 1.82. The normalized spacial score (nSPS) is 16.6. The van der Waals surface area contributed by atoms with Crippen molar-refractivity contribution in [1.82, 2.24) is 0 Å². The molecule has 1 atom stereocenters. The van der Waals surface area contributed by atoms with Crippen LogP contribution in [0.1, 0.15) is 12.5 Å². The van der Waals surface area contributed by atoms with E-state index in [1.54, 1.807) is 6.07 Å². The van der Waals surface area contributed by atoms with Gasteiger partial charge in [0.1, 0.15) is 5.82 Å². The molecule has 15 heavy (non-hydrogen) atoms. The van der Waals surface area contributed by atoms with E-state index in [0.29, 0.717) is 0 Å². The van der Waals surface area contributed by atoms with Crippen molar-refractivity contribution in [3.05, 3.63) is 29.6 Å². The highest BCUT2D eigenvalue weighted by molar-refractivity contribution is 5.58. The Labute approximate surface area is 89.3 Å². The van der Waals surface area contributed by atoms with Gasteiger partial charge in [-0.25, -0.2) is 4.39 Å². The van der Waals surface area contributed by atoms with Crippen LogP contribution < -0.4 is 4.90 Å². The van der Waals surface area contributed by atoms with Gasteiger partial charge < -0.3 is 10.0 Å². The zero-order chi connectivity index (χ0) is 10.8. The first kappa shape index (κ1) is 10.4. The van der Waals surface area contributed by atoms with Crippen LogP contribution in [0, 0.1) is 11.7 Å². The molecule has 1 N–H and O–H groups in total. The lowest BCUT2D eigenvalue weighted by Gasteiger charge is -2.22. The summed E-state index contributed by atoms with van der Waals surface area (Å²) in [7, 11) is 0. The van der Waals surface area contributed by atoms with Gasteiger partial charge in [-0.05, 0) is 30.0 Å². The number of halogens is 1. The fourth-order valence-electron chi connectivity index (χ4n) is 2.04. The lowest BCUT2D eigenvalue weighted by molar-refractivity contribution is 0.239. The molecule has 1 unspecified atom stereocenters. The van der Waals surface area contributed by atoms with Crippen LogP contribution in [-0.4, -0.2) is 24.8 Å². The number of hydrogen-bond donors (Lipinski definition) is 1. The molecular weight excluding hydrogens is 193 g/mol. The topological polar surface area (TPSA) is 23.5 Å². The van der Waals surface area contributed by atoms with Gasteiger partial charge in [0.2, 0.25) is 0 Å². The predicted molar refractivity (Wildman–Crippen MR) is 58.6 cm³/mol. The molecule has 1 heterocycles. The van der Waals surface area contributed by atoms with Crippen LogP contribution >= 0.6 is 0 Å². The van der Waals surface area contributed by atoms with Crippen molar-refractivity contribution in [2.24, 2.45) is 5.92 Å². The van der Waals surface area contributed by atoms with E-state index in [1.807, 2.05) is 13.0 Å². The van der Waals surface area contributed by atoms with E-state index < -0.39 is 0 Å². The van der Waals surface area contributed by atoms with Gasteiger partial charge in [0, 0.05) is 25.4 Å². The Morgan fingerprint density at radius 1 is 1.53 bits per heavy atom. The van der Waals surface area contributed by atoms with Gasteiger partial charge in [-0.15, -0.1) is 0 Å². The van der Waals surface area contributed by atoms with Crippen LogP contribution in [0.3, 0.4) is 0 Å². The summed E-state index contributed by atoms with van der Waals surface area (Å²) in [6.07, 6.45) is 0.980. The van der Waals surface area contributed by atoms with Gasteiger partial charge in [0.15, 0.2) is 0 Å². The highest BCUT2D eigenvalue weighted by Gasteiger charge is 2.20. The molecule has 0 saturated carbocycles. The molecule has 3 heteroatoms. The fourth-order valence-corrected chi connectivity index (χ4v) is 2.04. The van der Waals surface area contributed by atoms with E-state index in [9.17, 15) is 4.39 Å². The molecule has 1 aromatic carbocycles. The Morgan fingerprint density at radius 2 is 2.33 bits per heavy atom. The maximum absolute atomic E-state index is 13.1. The monoisotopic (exact) mass is 209 g/mol. The van der Waals surface area contributed by atoms with Crippen molar-refractivity contribution >= 4 is 5.69 Å². The van der Waals surface area contributed by atoms with Crippen molar-refractivity contribution in [1.29, 1.82) is 0 Å². The van der Waals surface area contributed by atoms with Gasteiger partial charge >= 0.3 is 0 Å². The Bertz CT molecular complexity index is 353. The Morgan fingerprint density at radius 3 is 3.07 bits per heavy atom. The first-order valence-electron chi connectivity index (χ1n) is 5.35. The number of hydrogen-bond acceptors (Lipinski definition) is 2. The summed E-state index contributed by atoms with van der Waals surface area (Å²) in [5.74, 6) is 0.0523. The van der Waals surface area contributed by atoms with Crippen molar-refractivity contribution in [3.8, 4) is 0 Å². The number of nitrogens with zero attached hydrogens (tertiary/aromatic N) is 1. The summed E-state index contributed by atoms with van der Waals surface area (Å²) in [4.78, 5) is 2.15. The SMILES string of the molecule is CC(CO)CN1CCc2ccc(F)cc21. The molecule has 0 amide bonds. The summed E-state index contributed by atoms with van der Waals surface area (Å²) in [6, 6.07) is 4.96. The molecule has 1 aliphatic heterocycles. The van der Waals surface area contributed by atoms with E-state index in [0.717, 1.165) is 25.2 Å². The number of rotatable bonds is 3. The Balaban J connectivity index is 2.16. The minimum Gasteiger partial charge on any atom is -0.396 e. The highest BCUT2D eigenvalue weighted by atomic mass is 19.1. The van der Waals surface area contributed by atoms with Crippen LogP contribution in [0.2, 0.25) is 0 Å². The van der Waals surface area contributed by atoms with Crippen LogP contribution in [-0.2, 0) is 6.42 Å². The van der Waals surface area contributed by atoms with Gasteiger partial charge in [-0.1, -0.05) is 13.0 Å². The molecule has 0 saturated heterocycles. The maximum atomic E-state index is 13.1. The molecule has 82 valence electrons. The van der Waals surface area contributed by atoms with E-state index in [2.05, 4.69) is 4.90 Å². The summed E-state index contributed by atoms with van der Waals surface area (Å²) in [5.41, 5.74) is 2.21. The maximum Gasteiger partial charge on any atom is 0.125 e. The van der Waals surface area contributed by atoms with Crippen molar-refractivity contribution in [2.45, 2.75) is 13.3 Å². The number of aliphatic hydroxyl groups is 1. The molecular formula is C12H16FNO. The molecule has 2 nitrogen and oxygen atoms in total. The quantitative estimate of drug-likeness (QED) is 0.820. The summed E-state index contributed by atoms with van der Waals surface area (Å²) in [6.45, 7) is 3.91. The van der Waals surface area contributed by atoms with Crippen LogP contribution in [0.4, 0.5) is 10.1 Å². The second kappa shape index (κ2) is 4.19. The standard InChI is InChI=1S/C12H16FNO/c1-9(8-15)7-14-5-4-10-2-3-11(13)6-12(10)14/h2-3,6,9,15H,4-5,7-8H2,1H3. The summed E-state index contributed by atoms with van der Waals surface area (Å²) < 4.78 is 13.1. The number of benzene rings is 1. The average molecular weight is 209 g/mol. The zero-order valence-electron chi connectivity index (χ0n) is 8.91. The zero-order valence-corrected chi connectivity index (χ0v) is 8.91. The van der Waals surface area contributed by atoms with E-state index in [4.69, 9.17) is 5.11 Å². The number of aliphatic hydroxyl groups excluding tert-OH is 1. The molecule has 0 spiro atoms. The van der Waals surface area contributed by atoms with Crippen molar-refractivity contribution < 1.29 is 9.50 Å². The largest absolute Gasteiger partial charge is 0.396 e. The average Bonchev–Trinajstić information content (AvgIpc) is 2.61. The van der Waals surface area contributed by atoms with Crippen LogP contribution in [0.5, 0.6) is 0 Å². The lowest BCUT2D eigenvalue weighted by atomic mass is 10.1. The van der Waals surface area contributed by atoms with Crippen molar-refractivity contribution in [3.63, 3.8) is 0 Å². The Hall–Kier alpha value is -1.09. The van der Waals surface area contributed by atoms with E-state index >= 15 is 0 Å². The molecule has 2 rings (SSSR count). The van der Waals surface area contributed by atoms with Gasteiger partial charge in [0.05, 0.1) is 0 Å². The van der Waals surface area contributed by atoms with Crippen molar-refractivity contribution in [2.75, 3.05) is 24.6 Å². The molecule has 1 aromatic rings. The minimum absolute atomic E-state index is 0.182. The number of fused-ring (bicyclic) bond motifs is 1. The first-order valence-corrected chi connectivity index (χ1v) is 5.35. The third-order valence-corrected chi connectivity index (χ3v) is 2.88. The summed E-state index contributed by atoms with van der Waals surface area (Å²) >= 11 is 0. The third-order valence-electron chi connectivity index (χ3n) is 2.88. The van der Waals surface area contributed by atoms with Gasteiger partial charge in [0.25, 0.3) is 0 Å². The highest BCUT2D eigenvalue weighted by Crippen LogP contribution is 2.29. The van der Waals surface area contributed by atoms with E-state index in [-0.39, 0.29) is 18.3 Å². The van der Waals surface area contributed by atoms with Gasteiger partial charge in [-0.3, -0.25) is 0 Å². The van der Waals surface area contributed by atoms with Gasteiger partial charge in [-0.2, -0.15) is 0 Å². The molecule has 0 aromatic heterocycles. The molecule has 0 bridgehead atoms. The number of anilines is 1. The van der Waals surface area contributed by atoms with Crippen LogP contribution in [0.25, 0.3) is 0 Å². The first-order chi connectivity index (χ1) is 7.20. The molecule has 0 aliphatic carbocycles.